The molecule has 0 bridgehead atoms. The number of carbonyl (C=O) groups excluding carboxylic acids is 1. The van der Waals surface area contributed by atoms with Crippen molar-refractivity contribution in [3.8, 4) is 0 Å². The first kappa shape index (κ1) is 21.5. The molecule has 29 heavy (non-hydrogen) atoms. The summed E-state index contributed by atoms with van der Waals surface area (Å²) in [5.74, 6) is 0.0386. The van der Waals surface area contributed by atoms with Crippen LogP contribution in [0.2, 0.25) is 0 Å². The normalized spacial score (nSPS) is 11.2. The molecule has 0 spiro atoms. The smallest absolute Gasteiger partial charge is 0.263 e. The van der Waals surface area contributed by atoms with Crippen LogP contribution in [0.5, 0.6) is 0 Å². The minimum atomic E-state index is -0.130. The van der Waals surface area contributed by atoms with Gasteiger partial charge in [-0.1, -0.05) is 23.9 Å². The zero-order chi connectivity index (χ0) is 21.1. The number of benzene rings is 1. The van der Waals surface area contributed by atoms with Crippen molar-refractivity contribution in [2.45, 2.75) is 39.4 Å². The van der Waals surface area contributed by atoms with Crippen molar-refractivity contribution in [1.29, 1.82) is 0 Å². The highest BCUT2D eigenvalue weighted by Crippen LogP contribution is 2.28. The van der Waals surface area contributed by atoms with Crippen LogP contribution in [0.1, 0.15) is 21.6 Å². The van der Waals surface area contributed by atoms with Crippen LogP contribution in [0.4, 0.5) is 5.69 Å². The van der Waals surface area contributed by atoms with Crippen molar-refractivity contribution < 1.29 is 9.53 Å². The van der Waals surface area contributed by atoms with Gasteiger partial charge in [-0.25, -0.2) is 4.98 Å². The number of amides is 1. The molecule has 2 heterocycles. The first-order chi connectivity index (χ1) is 13.8. The lowest BCUT2D eigenvalue weighted by Gasteiger charge is -2.12. The lowest BCUT2D eigenvalue weighted by molar-refractivity contribution is -0.113. The Bertz CT molecular complexity index is 1120. The number of aryl methyl sites for hydroxylation is 4. The van der Waals surface area contributed by atoms with Gasteiger partial charge in [-0.2, -0.15) is 0 Å². The van der Waals surface area contributed by atoms with Crippen LogP contribution in [0.25, 0.3) is 10.2 Å². The molecule has 1 N–H and O–H groups in total. The van der Waals surface area contributed by atoms with Crippen LogP contribution >= 0.6 is 23.1 Å². The minimum Gasteiger partial charge on any atom is -0.383 e. The van der Waals surface area contributed by atoms with Crippen LogP contribution < -0.4 is 10.9 Å². The van der Waals surface area contributed by atoms with E-state index in [0.717, 1.165) is 32.1 Å². The summed E-state index contributed by atoms with van der Waals surface area (Å²) >= 11 is 2.78. The number of hydrogen-bond donors (Lipinski definition) is 1. The molecule has 0 unspecified atom stereocenters. The molecule has 0 aliphatic carbocycles. The summed E-state index contributed by atoms with van der Waals surface area (Å²) in [6.07, 6.45) is 0. The van der Waals surface area contributed by atoms with E-state index in [9.17, 15) is 9.59 Å². The van der Waals surface area contributed by atoms with Gasteiger partial charge in [-0.3, -0.25) is 14.2 Å². The van der Waals surface area contributed by atoms with Gasteiger partial charge < -0.3 is 10.1 Å². The first-order valence-electron chi connectivity index (χ1n) is 9.31. The number of aromatic nitrogens is 2. The quantitative estimate of drug-likeness (QED) is 0.451. The highest BCUT2D eigenvalue weighted by molar-refractivity contribution is 7.99. The van der Waals surface area contributed by atoms with Gasteiger partial charge in [0.1, 0.15) is 4.83 Å². The third kappa shape index (κ3) is 4.71. The third-order valence-electron chi connectivity index (χ3n) is 4.77. The molecule has 8 heteroatoms. The number of thiophene rings is 1. The highest BCUT2D eigenvalue weighted by Gasteiger charge is 2.17. The van der Waals surface area contributed by atoms with Crippen molar-refractivity contribution in [2.75, 3.05) is 24.8 Å². The number of nitrogens with zero attached hydrogens (tertiary/aromatic N) is 2. The maximum atomic E-state index is 13.1. The molecule has 0 aliphatic rings. The largest absolute Gasteiger partial charge is 0.383 e. The fourth-order valence-corrected chi connectivity index (χ4v) is 4.88. The van der Waals surface area contributed by atoms with Gasteiger partial charge >= 0.3 is 0 Å². The number of carbonyl (C=O) groups is 1. The Labute approximate surface area is 178 Å². The molecule has 1 amide bonds. The second kappa shape index (κ2) is 9.11. The molecular formula is C21H25N3O3S2. The molecule has 154 valence electrons. The Hall–Kier alpha value is -2.16. The van der Waals surface area contributed by atoms with Crippen LogP contribution in [0, 0.1) is 27.7 Å². The summed E-state index contributed by atoms with van der Waals surface area (Å²) in [7, 11) is 1.60. The first-order valence-corrected chi connectivity index (χ1v) is 11.1. The lowest BCUT2D eigenvalue weighted by atomic mass is 10.1. The molecule has 0 saturated carbocycles. The van der Waals surface area contributed by atoms with E-state index in [1.807, 2.05) is 45.9 Å². The van der Waals surface area contributed by atoms with Crippen LogP contribution in [0.15, 0.2) is 28.2 Å². The van der Waals surface area contributed by atoms with E-state index >= 15 is 0 Å². The molecule has 1 aromatic carbocycles. The van der Waals surface area contributed by atoms with E-state index in [4.69, 9.17) is 9.72 Å². The fourth-order valence-electron chi connectivity index (χ4n) is 2.99. The number of thioether (sulfide) groups is 1. The van der Waals surface area contributed by atoms with Crippen molar-refractivity contribution in [3.63, 3.8) is 0 Å². The summed E-state index contributed by atoms with van der Waals surface area (Å²) in [5, 5.41) is 4.15. The Morgan fingerprint density at radius 1 is 1.28 bits per heavy atom. The van der Waals surface area contributed by atoms with Gasteiger partial charge in [0, 0.05) is 17.7 Å². The number of fused-ring (bicyclic) bond motifs is 1. The van der Waals surface area contributed by atoms with E-state index in [0.29, 0.717) is 23.7 Å². The van der Waals surface area contributed by atoms with Gasteiger partial charge in [0.15, 0.2) is 5.16 Å². The van der Waals surface area contributed by atoms with E-state index in [1.54, 1.807) is 11.7 Å². The summed E-state index contributed by atoms with van der Waals surface area (Å²) < 4.78 is 6.77. The molecule has 6 nitrogen and oxygen atoms in total. The molecule has 3 aromatic rings. The van der Waals surface area contributed by atoms with Crippen molar-refractivity contribution >= 4 is 44.9 Å². The zero-order valence-corrected chi connectivity index (χ0v) is 18.9. The van der Waals surface area contributed by atoms with Gasteiger partial charge in [-0.15, -0.1) is 11.3 Å². The van der Waals surface area contributed by atoms with Crippen molar-refractivity contribution in [3.05, 3.63) is 50.1 Å². The molecule has 0 atom stereocenters. The number of hydrogen-bond acceptors (Lipinski definition) is 6. The minimum absolute atomic E-state index is 0.0775. The molecular weight excluding hydrogens is 406 g/mol. The maximum Gasteiger partial charge on any atom is 0.263 e. The zero-order valence-electron chi connectivity index (χ0n) is 17.3. The van der Waals surface area contributed by atoms with Crippen LogP contribution in [0.3, 0.4) is 0 Å². The Morgan fingerprint density at radius 2 is 2.03 bits per heavy atom. The number of nitrogens with one attached hydrogen (secondary N) is 1. The highest BCUT2D eigenvalue weighted by atomic mass is 32.2. The monoisotopic (exact) mass is 431 g/mol. The predicted octanol–water partition coefficient (Wildman–Crippen LogP) is 4.07. The molecule has 0 aliphatic heterocycles. The third-order valence-corrected chi connectivity index (χ3v) is 6.85. The van der Waals surface area contributed by atoms with Crippen LogP contribution in [-0.4, -0.2) is 34.9 Å². The number of methoxy groups -OCH3 is 1. The standard InChI is InChI=1S/C21H25N3O3S2/c1-12-6-7-13(2)16(10-12)22-17(25)11-28-21-23-19-18(14(3)15(4)29-19)20(26)24(21)8-9-27-5/h6-7,10H,8-9,11H2,1-5H3,(H,22,25). The summed E-state index contributed by atoms with van der Waals surface area (Å²) in [6.45, 7) is 8.68. The summed E-state index contributed by atoms with van der Waals surface area (Å²) in [4.78, 5) is 32.1. The topological polar surface area (TPSA) is 73.2 Å². The number of anilines is 1. The molecule has 2 aromatic heterocycles. The van der Waals surface area contributed by atoms with Gasteiger partial charge in [-0.05, 0) is 50.5 Å². The fraction of sp³-hybridized carbons (Fsp3) is 0.381. The summed E-state index contributed by atoms with van der Waals surface area (Å²) in [6, 6.07) is 5.95. The SMILES string of the molecule is COCCn1c(SCC(=O)Nc2cc(C)ccc2C)nc2sc(C)c(C)c2c1=O. The Kier molecular flexibility index (Phi) is 6.77. The van der Waals surface area contributed by atoms with Crippen molar-refractivity contribution in [2.24, 2.45) is 0 Å². The summed E-state index contributed by atoms with van der Waals surface area (Å²) in [5.41, 5.74) is 3.79. The maximum absolute atomic E-state index is 13.1. The molecule has 0 saturated heterocycles. The van der Waals surface area contributed by atoms with E-state index in [-0.39, 0.29) is 17.2 Å². The van der Waals surface area contributed by atoms with Crippen molar-refractivity contribution in [1.82, 2.24) is 9.55 Å². The molecule has 3 rings (SSSR count). The molecule has 0 radical (unpaired) electrons. The Morgan fingerprint density at radius 3 is 2.76 bits per heavy atom. The average Bonchev–Trinajstić information content (AvgIpc) is 2.96. The van der Waals surface area contributed by atoms with Gasteiger partial charge in [0.2, 0.25) is 5.91 Å². The van der Waals surface area contributed by atoms with E-state index in [2.05, 4.69) is 5.32 Å². The Balaban J connectivity index is 1.85. The van der Waals surface area contributed by atoms with Gasteiger partial charge in [0.25, 0.3) is 5.56 Å². The number of ether oxygens (including phenoxy) is 1. The average molecular weight is 432 g/mol. The van der Waals surface area contributed by atoms with Gasteiger partial charge in [0.05, 0.1) is 24.3 Å². The van der Waals surface area contributed by atoms with Crippen LogP contribution in [-0.2, 0) is 16.1 Å². The second-order valence-corrected chi connectivity index (χ2v) is 9.11. The lowest BCUT2D eigenvalue weighted by Crippen LogP contribution is -2.26. The second-order valence-electron chi connectivity index (χ2n) is 6.96. The van der Waals surface area contributed by atoms with E-state index in [1.165, 1.54) is 23.1 Å². The van der Waals surface area contributed by atoms with E-state index < -0.39 is 0 Å². The molecule has 0 fully saturated rings. The predicted molar refractivity (Wildman–Crippen MR) is 120 cm³/mol. The number of rotatable bonds is 7.